The van der Waals surface area contributed by atoms with Gasteiger partial charge >= 0.3 is 0 Å². The van der Waals surface area contributed by atoms with Crippen molar-refractivity contribution in [2.24, 2.45) is 0 Å². The monoisotopic (exact) mass is 339 g/mol. The summed E-state index contributed by atoms with van der Waals surface area (Å²) in [6, 6.07) is 18.2. The summed E-state index contributed by atoms with van der Waals surface area (Å²) in [6.45, 7) is 9.16. The van der Waals surface area contributed by atoms with E-state index in [1.165, 1.54) is 5.56 Å². The average Bonchev–Trinajstić information content (AvgIpc) is 2.59. The summed E-state index contributed by atoms with van der Waals surface area (Å²) in [5.74, 6) is 0.902. The molecule has 0 unspecified atom stereocenters. The Bertz CT molecular complexity index is 657. The fraction of sp³-hybridized carbons (Fsp3) is 0.409. The minimum atomic E-state index is 0.0107. The SMILES string of the molecule is C[C@H](NC(=O)CCCOc1ccccc1)c1ccc(C(C)(C)C)cc1. The smallest absolute Gasteiger partial charge is 0.220 e. The van der Waals surface area contributed by atoms with Crippen LogP contribution in [0.15, 0.2) is 54.6 Å². The third-order valence-electron chi connectivity index (χ3n) is 4.21. The number of carbonyl (C=O) groups is 1. The first-order chi connectivity index (χ1) is 11.9. The van der Waals surface area contributed by atoms with Crippen LogP contribution >= 0.6 is 0 Å². The van der Waals surface area contributed by atoms with Crippen molar-refractivity contribution in [3.05, 3.63) is 65.7 Å². The molecule has 134 valence electrons. The second-order valence-electron chi connectivity index (χ2n) is 7.43. The molecular weight excluding hydrogens is 310 g/mol. The third kappa shape index (κ3) is 6.26. The lowest BCUT2D eigenvalue weighted by atomic mass is 9.86. The number of ether oxygens (including phenoxy) is 1. The molecule has 0 saturated carbocycles. The van der Waals surface area contributed by atoms with Gasteiger partial charge in [0.15, 0.2) is 0 Å². The Morgan fingerprint density at radius 3 is 2.28 bits per heavy atom. The molecule has 1 N–H and O–H groups in total. The highest BCUT2D eigenvalue weighted by Gasteiger charge is 2.14. The molecule has 25 heavy (non-hydrogen) atoms. The largest absolute Gasteiger partial charge is 0.494 e. The highest BCUT2D eigenvalue weighted by molar-refractivity contribution is 5.76. The van der Waals surface area contributed by atoms with Gasteiger partial charge in [-0.05, 0) is 42.0 Å². The quantitative estimate of drug-likeness (QED) is 0.719. The van der Waals surface area contributed by atoms with Crippen LogP contribution in [-0.4, -0.2) is 12.5 Å². The predicted octanol–water partition coefficient (Wildman–Crippen LogP) is 5.02. The second kappa shape index (κ2) is 8.70. The normalized spacial score (nSPS) is 12.5. The van der Waals surface area contributed by atoms with Gasteiger partial charge in [0.25, 0.3) is 0 Å². The molecule has 0 spiro atoms. The molecule has 3 heteroatoms. The van der Waals surface area contributed by atoms with E-state index in [9.17, 15) is 4.79 Å². The van der Waals surface area contributed by atoms with E-state index in [-0.39, 0.29) is 17.4 Å². The van der Waals surface area contributed by atoms with Crippen LogP contribution in [0, 0.1) is 0 Å². The van der Waals surface area contributed by atoms with Gasteiger partial charge in [0.05, 0.1) is 12.6 Å². The Hall–Kier alpha value is -2.29. The molecule has 0 aliphatic rings. The Kier molecular flexibility index (Phi) is 6.63. The van der Waals surface area contributed by atoms with E-state index in [1.807, 2.05) is 37.3 Å². The topological polar surface area (TPSA) is 38.3 Å². The van der Waals surface area contributed by atoms with Crippen molar-refractivity contribution in [2.45, 2.75) is 52.0 Å². The summed E-state index contributed by atoms with van der Waals surface area (Å²) in [5.41, 5.74) is 2.57. The molecule has 0 aromatic heterocycles. The zero-order valence-corrected chi connectivity index (χ0v) is 15.7. The number of para-hydroxylation sites is 1. The molecule has 0 fully saturated rings. The molecule has 0 heterocycles. The van der Waals surface area contributed by atoms with Gasteiger partial charge in [0, 0.05) is 6.42 Å². The standard InChI is InChI=1S/C22H29NO2/c1-17(18-12-14-19(15-13-18)22(2,3)4)23-21(24)11-8-16-25-20-9-6-5-7-10-20/h5-7,9-10,12-15,17H,8,11,16H2,1-4H3,(H,23,24)/t17-/m0/s1. The van der Waals surface area contributed by atoms with E-state index in [0.29, 0.717) is 19.4 Å². The lowest BCUT2D eigenvalue weighted by molar-refractivity contribution is -0.121. The molecule has 0 radical (unpaired) electrons. The highest BCUT2D eigenvalue weighted by Crippen LogP contribution is 2.23. The number of hydrogen-bond donors (Lipinski definition) is 1. The van der Waals surface area contributed by atoms with Crippen LogP contribution in [0.3, 0.4) is 0 Å². The van der Waals surface area contributed by atoms with Gasteiger partial charge in [-0.15, -0.1) is 0 Å². The summed E-state index contributed by atoms with van der Waals surface area (Å²) in [5, 5.41) is 3.06. The lowest BCUT2D eigenvalue weighted by Crippen LogP contribution is -2.26. The molecule has 1 atom stereocenters. The number of amides is 1. The van der Waals surface area contributed by atoms with Crippen molar-refractivity contribution in [2.75, 3.05) is 6.61 Å². The molecule has 2 rings (SSSR count). The molecule has 0 aliphatic carbocycles. The van der Waals surface area contributed by atoms with Gasteiger partial charge in [-0.2, -0.15) is 0 Å². The van der Waals surface area contributed by atoms with E-state index in [2.05, 4.69) is 50.4 Å². The number of nitrogens with one attached hydrogen (secondary N) is 1. The molecule has 2 aromatic carbocycles. The van der Waals surface area contributed by atoms with Crippen molar-refractivity contribution < 1.29 is 9.53 Å². The fourth-order valence-electron chi connectivity index (χ4n) is 2.61. The van der Waals surface area contributed by atoms with Crippen molar-refractivity contribution in [3.8, 4) is 5.75 Å². The third-order valence-corrected chi connectivity index (χ3v) is 4.21. The van der Waals surface area contributed by atoms with E-state index < -0.39 is 0 Å². The molecule has 0 bridgehead atoms. The van der Waals surface area contributed by atoms with Gasteiger partial charge < -0.3 is 10.1 Å². The zero-order valence-electron chi connectivity index (χ0n) is 15.7. The van der Waals surface area contributed by atoms with Gasteiger partial charge in [0.1, 0.15) is 5.75 Å². The van der Waals surface area contributed by atoms with Crippen LogP contribution in [0.5, 0.6) is 5.75 Å². The average molecular weight is 339 g/mol. The number of carbonyl (C=O) groups excluding carboxylic acids is 1. The van der Waals surface area contributed by atoms with E-state index in [1.54, 1.807) is 0 Å². The Balaban J connectivity index is 1.74. The zero-order chi connectivity index (χ0) is 18.3. The van der Waals surface area contributed by atoms with Gasteiger partial charge in [-0.3, -0.25) is 4.79 Å². The van der Waals surface area contributed by atoms with Crippen molar-refractivity contribution in [1.82, 2.24) is 5.32 Å². The molecule has 0 aliphatic heterocycles. The molecule has 3 nitrogen and oxygen atoms in total. The van der Waals surface area contributed by atoms with Crippen LogP contribution in [0.2, 0.25) is 0 Å². The maximum absolute atomic E-state index is 12.1. The van der Waals surface area contributed by atoms with E-state index in [0.717, 1.165) is 11.3 Å². The van der Waals surface area contributed by atoms with Crippen molar-refractivity contribution in [1.29, 1.82) is 0 Å². The maximum Gasteiger partial charge on any atom is 0.220 e. The van der Waals surface area contributed by atoms with Crippen molar-refractivity contribution >= 4 is 5.91 Å². The second-order valence-corrected chi connectivity index (χ2v) is 7.43. The Morgan fingerprint density at radius 2 is 1.68 bits per heavy atom. The summed E-state index contributed by atoms with van der Waals surface area (Å²) in [6.07, 6.45) is 1.17. The number of rotatable bonds is 7. The Morgan fingerprint density at radius 1 is 1.04 bits per heavy atom. The molecule has 2 aromatic rings. The lowest BCUT2D eigenvalue weighted by Gasteiger charge is -2.20. The number of benzene rings is 2. The summed E-state index contributed by atoms with van der Waals surface area (Å²) in [7, 11) is 0. The van der Waals surface area contributed by atoms with Crippen molar-refractivity contribution in [3.63, 3.8) is 0 Å². The van der Waals surface area contributed by atoms with Gasteiger partial charge in [0.2, 0.25) is 5.91 Å². The van der Waals surface area contributed by atoms with Gasteiger partial charge in [-0.1, -0.05) is 63.2 Å². The van der Waals surface area contributed by atoms with E-state index in [4.69, 9.17) is 4.74 Å². The Labute approximate surface area is 151 Å². The number of hydrogen-bond acceptors (Lipinski definition) is 2. The summed E-state index contributed by atoms with van der Waals surface area (Å²) in [4.78, 5) is 12.1. The van der Waals surface area contributed by atoms with Crippen LogP contribution in [-0.2, 0) is 10.2 Å². The molecule has 1 amide bonds. The first kappa shape index (κ1) is 19.0. The van der Waals surface area contributed by atoms with Crippen LogP contribution in [0.1, 0.15) is 57.7 Å². The first-order valence-electron chi connectivity index (χ1n) is 8.94. The summed E-state index contributed by atoms with van der Waals surface area (Å²) < 4.78 is 5.61. The molecule has 0 saturated heterocycles. The summed E-state index contributed by atoms with van der Waals surface area (Å²) >= 11 is 0. The minimum absolute atomic E-state index is 0.0107. The maximum atomic E-state index is 12.1. The van der Waals surface area contributed by atoms with Crippen LogP contribution in [0.4, 0.5) is 0 Å². The van der Waals surface area contributed by atoms with E-state index >= 15 is 0 Å². The van der Waals surface area contributed by atoms with Crippen LogP contribution < -0.4 is 10.1 Å². The minimum Gasteiger partial charge on any atom is -0.494 e. The van der Waals surface area contributed by atoms with Crippen LogP contribution in [0.25, 0.3) is 0 Å². The highest BCUT2D eigenvalue weighted by atomic mass is 16.5. The first-order valence-corrected chi connectivity index (χ1v) is 8.94. The van der Waals surface area contributed by atoms with Gasteiger partial charge in [-0.25, -0.2) is 0 Å². The predicted molar refractivity (Wildman–Crippen MR) is 103 cm³/mol. The fourth-order valence-corrected chi connectivity index (χ4v) is 2.61. The molecular formula is C22H29NO2.